The number of carbonyl (C=O) groups excluding carboxylic acids is 1. The van der Waals surface area contributed by atoms with Crippen molar-refractivity contribution in [2.75, 3.05) is 5.32 Å². The molecule has 0 atom stereocenters. The largest absolute Gasteiger partial charge is 0.430 e. The van der Waals surface area contributed by atoms with E-state index in [9.17, 15) is 4.79 Å². The highest BCUT2D eigenvalue weighted by Gasteiger charge is 2.14. The fourth-order valence-electron chi connectivity index (χ4n) is 1.54. The monoisotopic (exact) mass is 203 g/mol. The predicted molar refractivity (Wildman–Crippen MR) is 61.5 cm³/mol. The van der Waals surface area contributed by atoms with Crippen LogP contribution in [0.1, 0.15) is 19.4 Å². The van der Waals surface area contributed by atoms with Gasteiger partial charge in [0.15, 0.2) is 0 Å². The van der Waals surface area contributed by atoms with E-state index in [-0.39, 0.29) is 11.8 Å². The fourth-order valence-corrected chi connectivity index (χ4v) is 1.54. The summed E-state index contributed by atoms with van der Waals surface area (Å²) in [6.07, 6.45) is 0. The number of hydrogen-bond donors (Lipinski definition) is 1. The van der Waals surface area contributed by atoms with Gasteiger partial charge >= 0.3 is 7.48 Å². The van der Waals surface area contributed by atoms with Crippen molar-refractivity contribution in [2.45, 2.75) is 20.5 Å². The molecule has 0 aliphatic carbocycles. The second-order valence-corrected chi connectivity index (χ2v) is 4.12. The predicted octanol–water partition coefficient (Wildman–Crippen LogP) is 0.788. The number of amides is 1. The maximum Gasteiger partial charge on any atom is 0.309 e. The average Bonchev–Trinajstić information content (AvgIpc) is 2.64. The second-order valence-electron chi connectivity index (χ2n) is 4.12. The zero-order valence-corrected chi connectivity index (χ0v) is 9.04. The van der Waals surface area contributed by atoms with Gasteiger partial charge in [-0.05, 0) is 23.2 Å². The van der Waals surface area contributed by atoms with Gasteiger partial charge in [-0.1, -0.05) is 19.9 Å². The molecule has 1 aliphatic rings. The van der Waals surface area contributed by atoms with E-state index in [0.29, 0.717) is 14.1 Å². The minimum Gasteiger partial charge on any atom is -0.430 e. The molecule has 1 heterocycles. The van der Waals surface area contributed by atoms with Gasteiger partial charge in [-0.15, -0.1) is 0 Å². The molecule has 0 spiro atoms. The van der Waals surface area contributed by atoms with Crippen molar-refractivity contribution in [2.24, 2.45) is 5.92 Å². The molecular weight excluding hydrogens is 189 g/mol. The normalized spacial score (nSPS) is 13.5. The third kappa shape index (κ3) is 2.21. The molecule has 15 heavy (non-hydrogen) atoms. The molecule has 1 aliphatic heterocycles. The van der Waals surface area contributed by atoms with Crippen LogP contribution in [0.15, 0.2) is 18.2 Å². The standard InChI is InChI=1S/C11H14BNO2/c1-7(2)11(14)13-9-4-3-8-6-15-12-10(8)5-9/h3-5,7,12H,6H2,1-2H3,(H,13,14). The highest BCUT2D eigenvalue weighted by Crippen LogP contribution is 2.12. The van der Waals surface area contributed by atoms with Gasteiger partial charge in [0, 0.05) is 11.6 Å². The molecular formula is C11H14BNO2. The molecule has 0 fully saturated rings. The van der Waals surface area contributed by atoms with Crippen LogP contribution in [0.2, 0.25) is 0 Å². The second kappa shape index (κ2) is 4.07. The summed E-state index contributed by atoms with van der Waals surface area (Å²) >= 11 is 0. The summed E-state index contributed by atoms with van der Waals surface area (Å²) in [6.45, 7) is 4.45. The van der Waals surface area contributed by atoms with Crippen LogP contribution in [-0.4, -0.2) is 13.4 Å². The van der Waals surface area contributed by atoms with Crippen LogP contribution < -0.4 is 10.8 Å². The molecule has 4 heteroatoms. The Morgan fingerprint density at radius 1 is 1.53 bits per heavy atom. The first-order valence-corrected chi connectivity index (χ1v) is 5.17. The van der Waals surface area contributed by atoms with E-state index in [1.807, 2.05) is 32.0 Å². The van der Waals surface area contributed by atoms with E-state index in [4.69, 9.17) is 4.65 Å². The molecule has 3 nitrogen and oxygen atoms in total. The van der Waals surface area contributed by atoms with Gasteiger partial charge in [-0.25, -0.2) is 0 Å². The van der Waals surface area contributed by atoms with E-state index in [0.717, 1.165) is 5.69 Å². The molecule has 2 rings (SSSR count). The molecule has 0 radical (unpaired) electrons. The van der Waals surface area contributed by atoms with Gasteiger partial charge in [0.25, 0.3) is 0 Å². The zero-order chi connectivity index (χ0) is 10.8. The summed E-state index contributed by atoms with van der Waals surface area (Å²) in [5, 5.41) is 2.88. The van der Waals surface area contributed by atoms with Crippen LogP contribution in [0.25, 0.3) is 0 Å². The van der Waals surface area contributed by atoms with Crippen molar-refractivity contribution >= 4 is 24.5 Å². The molecule has 0 saturated heterocycles. The van der Waals surface area contributed by atoms with Crippen LogP contribution in [0, 0.1) is 5.92 Å². The third-order valence-electron chi connectivity index (χ3n) is 2.51. The number of rotatable bonds is 2. The Labute approximate surface area is 90.1 Å². The number of nitrogens with one attached hydrogen (secondary N) is 1. The van der Waals surface area contributed by atoms with E-state index >= 15 is 0 Å². The molecule has 1 amide bonds. The number of benzene rings is 1. The summed E-state index contributed by atoms with van der Waals surface area (Å²) < 4.78 is 5.31. The molecule has 0 aromatic heterocycles. The van der Waals surface area contributed by atoms with Crippen LogP contribution in [-0.2, 0) is 16.1 Å². The first-order valence-electron chi connectivity index (χ1n) is 5.17. The number of carbonyl (C=O) groups is 1. The summed E-state index contributed by atoms with van der Waals surface area (Å²) in [7, 11) is 0.653. The molecule has 0 unspecified atom stereocenters. The van der Waals surface area contributed by atoms with Crippen molar-refractivity contribution in [3.63, 3.8) is 0 Å². The van der Waals surface area contributed by atoms with Gasteiger partial charge in [-0.3, -0.25) is 4.79 Å². The van der Waals surface area contributed by atoms with Gasteiger partial charge in [-0.2, -0.15) is 0 Å². The van der Waals surface area contributed by atoms with E-state index < -0.39 is 0 Å². The van der Waals surface area contributed by atoms with Crippen molar-refractivity contribution in [3.8, 4) is 0 Å². The summed E-state index contributed by atoms with van der Waals surface area (Å²) in [5.74, 6) is 0.0587. The topological polar surface area (TPSA) is 38.3 Å². The Kier molecular flexibility index (Phi) is 2.78. The van der Waals surface area contributed by atoms with Crippen LogP contribution in [0.4, 0.5) is 5.69 Å². The quantitative estimate of drug-likeness (QED) is 0.721. The Morgan fingerprint density at radius 2 is 2.33 bits per heavy atom. The third-order valence-corrected chi connectivity index (χ3v) is 2.51. The van der Waals surface area contributed by atoms with E-state index in [2.05, 4.69) is 5.32 Å². The van der Waals surface area contributed by atoms with Gasteiger partial charge in [0.1, 0.15) is 0 Å². The molecule has 0 bridgehead atoms. The van der Waals surface area contributed by atoms with Gasteiger partial charge in [0.2, 0.25) is 5.91 Å². The van der Waals surface area contributed by atoms with Gasteiger partial charge in [0.05, 0.1) is 6.61 Å². The lowest BCUT2D eigenvalue weighted by molar-refractivity contribution is -0.118. The smallest absolute Gasteiger partial charge is 0.309 e. The first kappa shape index (κ1) is 10.2. The van der Waals surface area contributed by atoms with Crippen LogP contribution >= 0.6 is 0 Å². The summed E-state index contributed by atoms with van der Waals surface area (Å²) in [5.41, 5.74) is 3.26. The number of hydrogen-bond acceptors (Lipinski definition) is 2. The lowest BCUT2D eigenvalue weighted by Gasteiger charge is -2.08. The minimum absolute atomic E-state index is 0.00880. The van der Waals surface area contributed by atoms with E-state index in [1.165, 1.54) is 11.0 Å². The average molecular weight is 203 g/mol. The Balaban J connectivity index is 2.13. The van der Waals surface area contributed by atoms with Gasteiger partial charge < -0.3 is 9.97 Å². The van der Waals surface area contributed by atoms with Crippen molar-refractivity contribution in [3.05, 3.63) is 23.8 Å². The Hall–Kier alpha value is -1.29. The maximum atomic E-state index is 11.5. The number of fused-ring (bicyclic) bond motifs is 1. The Bertz CT molecular complexity index is 390. The summed E-state index contributed by atoms with van der Waals surface area (Å²) in [4.78, 5) is 11.5. The maximum absolute atomic E-state index is 11.5. The Morgan fingerprint density at radius 3 is 3.07 bits per heavy atom. The molecule has 1 aromatic rings. The lowest BCUT2D eigenvalue weighted by Crippen LogP contribution is -2.20. The first-order chi connectivity index (χ1) is 7.16. The fraction of sp³-hybridized carbons (Fsp3) is 0.364. The van der Waals surface area contributed by atoms with E-state index in [1.54, 1.807) is 0 Å². The molecule has 78 valence electrons. The molecule has 1 N–H and O–H groups in total. The molecule has 0 saturated carbocycles. The highest BCUT2D eigenvalue weighted by molar-refractivity contribution is 6.49. The van der Waals surface area contributed by atoms with Crippen LogP contribution in [0.3, 0.4) is 0 Å². The van der Waals surface area contributed by atoms with Crippen molar-refractivity contribution in [1.82, 2.24) is 0 Å². The van der Waals surface area contributed by atoms with Crippen molar-refractivity contribution in [1.29, 1.82) is 0 Å². The SMILES string of the molecule is CC(C)C(=O)Nc1ccc2c(c1)BOC2. The number of anilines is 1. The highest BCUT2D eigenvalue weighted by atomic mass is 16.4. The van der Waals surface area contributed by atoms with Crippen molar-refractivity contribution < 1.29 is 9.45 Å². The minimum atomic E-state index is 0.00880. The van der Waals surface area contributed by atoms with Crippen LogP contribution in [0.5, 0.6) is 0 Å². The lowest BCUT2D eigenvalue weighted by atomic mass is 9.87. The summed E-state index contributed by atoms with van der Waals surface area (Å²) in [6, 6.07) is 5.93. The molecule has 1 aromatic carbocycles. The zero-order valence-electron chi connectivity index (χ0n) is 9.04.